The lowest BCUT2D eigenvalue weighted by atomic mass is 10.0. The molecule has 0 aliphatic heterocycles. The molecule has 0 unspecified atom stereocenters. The van der Waals surface area contributed by atoms with E-state index in [-0.39, 0.29) is 5.78 Å². The highest BCUT2D eigenvalue weighted by molar-refractivity contribution is 7.98. The summed E-state index contributed by atoms with van der Waals surface area (Å²) in [5, 5.41) is 2.89. The molecule has 0 bridgehead atoms. The number of aryl methyl sites for hydroxylation is 2. The molecule has 0 heterocycles. The Bertz CT molecular complexity index is 374. The maximum atomic E-state index is 11.8. The van der Waals surface area contributed by atoms with Crippen LogP contribution in [0.1, 0.15) is 21.5 Å². The van der Waals surface area contributed by atoms with Gasteiger partial charge in [-0.05, 0) is 50.4 Å². The number of hydrogen-bond donors (Lipinski definition) is 1. The van der Waals surface area contributed by atoms with Crippen LogP contribution in [0.4, 0.5) is 0 Å². The van der Waals surface area contributed by atoms with Gasteiger partial charge in [0.2, 0.25) is 0 Å². The summed E-state index contributed by atoms with van der Waals surface area (Å²) >= 11 is 1.62. The zero-order valence-corrected chi connectivity index (χ0v) is 10.5. The van der Waals surface area contributed by atoms with Crippen molar-refractivity contribution in [3.63, 3.8) is 0 Å². The topological polar surface area (TPSA) is 29.1 Å². The Morgan fingerprint density at radius 1 is 1.33 bits per heavy atom. The van der Waals surface area contributed by atoms with Crippen LogP contribution in [0.25, 0.3) is 0 Å². The van der Waals surface area contributed by atoms with Crippen LogP contribution in [0, 0.1) is 13.8 Å². The zero-order chi connectivity index (χ0) is 11.4. The molecule has 2 nitrogen and oxygen atoms in total. The van der Waals surface area contributed by atoms with Crippen LogP contribution in [0.15, 0.2) is 17.0 Å². The summed E-state index contributed by atoms with van der Waals surface area (Å²) in [5.74, 6) is 0.157. The van der Waals surface area contributed by atoms with Crippen molar-refractivity contribution in [3.05, 3.63) is 28.8 Å². The monoisotopic (exact) mass is 223 g/mol. The number of hydrogen-bond acceptors (Lipinski definition) is 3. The first-order valence-electron chi connectivity index (χ1n) is 4.93. The van der Waals surface area contributed by atoms with Crippen molar-refractivity contribution in [3.8, 4) is 0 Å². The molecule has 82 valence electrons. The molecule has 1 aromatic rings. The van der Waals surface area contributed by atoms with Gasteiger partial charge in [-0.15, -0.1) is 11.8 Å². The van der Waals surface area contributed by atoms with E-state index in [1.165, 1.54) is 11.1 Å². The van der Waals surface area contributed by atoms with E-state index in [9.17, 15) is 4.79 Å². The van der Waals surface area contributed by atoms with Crippen LogP contribution < -0.4 is 5.32 Å². The number of likely N-dealkylation sites (N-methyl/N-ethyl adjacent to an activating group) is 1. The second kappa shape index (κ2) is 5.33. The van der Waals surface area contributed by atoms with E-state index in [1.807, 2.05) is 19.2 Å². The highest BCUT2D eigenvalue weighted by Crippen LogP contribution is 2.24. The Morgan fingerprint density at radius 2 is 1.93 bits per heavy atom. The van der Waals surface area contributed by atoms with Crippen molar-refractivity contribution in [2.45, 2.75) is 18.7 Å². The summed E-state index contributed by atoms with van der Waals surface area (Å²) in [7, 11) is 1.79. The summed E-state index contributed by atoms with van der Waals surface area (Å²) in [6.45, 7) is 4.51. The van der Waals surface area contributed by atoms with Crippen LogP contribution in [-0.2, 0) is 0 Å². The fraction of sp³-hybridized carbons (Fsp3) is 0.417. The molecule has 0 aliphatic rings. The highest BCUT2D eigenvalue weighted by Gasteiger charge is 2.11. The van der Waals surface area contributed by atoms with E-state index >= 15 is 0 Å². The average Bonchev–Trinajstić information content (AvgIpc) is 2.21. The van der Waals surface area contributed by atoms with E-state index in [2.05, 4.69) is 18.3 Å². The second-order valence-corrected chi connectivity index (χ2v) is 4.44. The first-order chi connectivity index (χ1) is 7.10. The van der Waals surface area contributed by atoms with Crippen molar-refractivity contribution in [1.29, 1.82) is 0 Å². The third-order valence-corrected chi connectivity index (χ3v) is 3.23. The quantitative estimate of drug-likeness (QED) is 0.628. The minimum absolute atomic E-state index is 0.157. The van der Waals surface area contributed by atoms with Crippen molar-refractivity contribution in [2.75, 3.05) is 19.8 Å². The van der Waals surface area contributed by atoms with Gasteiger partial charge < -0.3 is 5.32 Å². The fourth-order valence-electron chi connectivity index (χ4n) is 1.43. The standard InChI is InChI=1S/C12H17NOS/c1-8-5-10(11(14)7-13-3)12(15-4)6-9(8)2/h5-6,13H,7H2,1-4H3. The van der Waals surface area contributed by atoms with Gasteiger partial charge >= 0.3 is 0 Å². The first kappa shape index (κ1) is 12.3. The highest BCUT2D eigenvalue weighted by atomic mass is 32.2. The smallest absolute Gasteiger partial charge is 0.177 e. The van der Waals surface area contributed by atoms with Crippen LogP contribution in [0.5, 0.6) is 0 Å². The number of ketones is 1. The first-order valence-corrected chi connectivity index (χ1v) is 6.15. The molecule has 3 heteroatoms. The normalized spacial score (nSPS) is 10.4. The third-order valence-electron chi connectivity index (χ3n) is 2.45. The lowest BCUT2D eigenvalue weighted by Crippen LogP contribution is -2.19. The second-order valence-electron chi connectivity index (χ2n) is 3.59. The van der Waals surface area contributed by atoms with E-state index < -0.39 is 0 Å². The Hall–Kier alpha value is -0.800. The average molecular weight is 223 g/mol. The summed E-state index contributed by atoms with van der Waals surface area (Å²) < 4.78 is 0. The number of nitrogens with one attached hydrogen (secondary N) is 1. The lowest BCUT2D eigenvalue weighted by molar-refractivity contribution is 0.0990. The summed E-state index contributed by atoms with van der Waals surface area (Å²) in [5.41, 5.74) is 3.24. The molecule has 1 N–H and O–H groups in total. The third kappa shape index (κ3) is 2.83. The number of thioether (sulfide) groups is 1. The number of benzene rings is 1. The summed E-state index contributed by atoms with van der Waals surface area (Å²) in [6, 6.07) is 4.07. The molecule has 0 aromatic heterocycles. The van der Waals surface area contributed by atoms with Gasteiger partial charge in [0.1, 0.15) is 0 Å². The number of Topliss-reactive ketones (excluding diaryl/α,β-unsaturated/α-hetero) is 1. The van der Waals surface area contributed by atoms with Gasteiger partial charge in [-0.2, -0.15) is 0 Å². The van der Waals surface area contributed by atoms with Crippen molar-refractivity contribution < 1.29 is 4.79 Å². The molecule has 15 heavy (non-hydrogen) atoms. The maximum Gasteiger partial charge on any atom is 0.177 e. The predicted octanol–water partition coefficient (Wildman–Crippen LogP) is 2.43. The summed E-state index contributed by atoms with van der Waals surface area (Å²) in [6.07, 6.45) is 2.00. The number of carbonyl (C=O) groups is 1. The van der Waals surface area contributed by atoms with E-state index in [0.29, 0.717) is 6.54 Å². The van der Waals surface area contributed by atoms with Crippen LogP contribution in [-0.4, -0.2) is 25.6 Å². The summed E-state index contributed by atoms with van der Waals surface area (Å²) in [4.78, 5) is 12.9. The molecular weight excluding hydrogens is 206 g/mol. The molecule has 0 aliphatic carbocycles. The van der Waals surface area contributed by atoms with E-state index in [1.54, 1.807) is 18.8 Å². The van der Waals surface area contributed by atoms with E-state index in [0.717, 1.165) is 10.5 Å². The lowest BCUT2D eigenvalue weighted by Gasteiger charge is -2.10. The molecule has 1 rings (SSSR count). The molecular formula is C12H17NOS. The Labute approximate surface area is 95.5 Å². The Morgan fingerprint density at radius 3 is 2.47 bits per heavy atom. The molecule has 0 saturated carbocycles. The maximum absolute atomic E-state index is 11.8. The fourth-order valence-corrected chi connectivity index (χ4v) is 2.12. The van der Waals surface area contributed by atoms with Gasteiger partial charge in [-0.25, -0.2) is 0 Å². The van der Waals surface area contributed by atoms with Gasteiger partial charge in [-0.3, -0.25) is 4.79 Å². The minimum atomic E-state index is 0.157. The van der Waals surface area contributed by atoms with Crippen molar-refractivity contribution >= 4 is 17.5 Å². The van der Waals surface area contributed by atoms with Crippen LogP contribution in [0.3, 0.4) is 0 Å². The van der Waals surface area contributed by atoms with Gasteiger partial charge in [0.15, 0.2) is 5.78 Å². The number of carbonyl (C=O) groups excluding carboxylic acids is 1. The molecule has 0 fully saturated rings. The molecule has 0 radical (unpaired) electrons. The molecule has 0 saturated heterocycles. The number of rotatable bonds is 4. The van der Waals surface area contributed by atoms with Gasteiger partial charge in [0, 0.05) is 10.5 Å². The molecule has 1 aromatic carbocycles. The van der Waals surface area contributed by atoms with Crippen LogP contribution >= 0.6 is 11.8 Å². The molecule has 0 spiro atoms. The Kier molecular flexibility index (Phi) is 4.36. The molecule has 0 atom stereocenters. The van der Waals surface area contributed by atoms with Crippen molar-refractivity contribution in [1.82, 2.24) is 5.32 Å². The van der Waals surface area contributed by atoms with Gasteiger partial charge in [0.25, 0.3) is 0 Å². The van der Waals surface area contributed by atoms with Crippen LogP contribution in [0.2, 0.25) is 0 Å². The Balaban J connectivity index is 3.15. The van der Waals surface area contributed by atoms with Crippen molar-refractivity contribution in [2.24, 2.45) is 0 Å². The minimum Gasteiger partial charge on any atom is -0.313 e. The largest absolute Gasteiger partial charge is 0.313 e. The predicted molar refractivity (Wildman–Crippen MR) is 66.0 cm³/mol. The van der Waals surface area contributed by atoms with Gasteiger partial charge in [-0.1, -0.05) is 0 Å². The SMILES string of the molecule is CNCC(=O)c1cc(C)c(C)cc1SC. The molecule has 0 amide bonds. The van der Waals surface area contributed by atoms with E-state index in [4.69, 9.17) is 0 Å². The zero-order valence-electron chi connectivity index (χ0n) is 9.68. The van der Waals surface area contributed by atoms with Gasteiger partial charge in [0.05, 0.1) is 6.54 Å².